The highest BCUT2D eigenvalue weighted by Crippen LogP contribution is 2.61. The van der Waals surface area contributed by atoms with Crippen molar-refractivity contribution in [2.75, 3.05) is 6.61 Å². The molecular weight excluding hydrogens is 549 g/mol. The second kappa shape index (κ2) is 10.6. The van der Waals surface area contributed by atoms with Gasteiger partial charge in [-0.25, -0.2) is 4.79 Å². The number of esters is 1. The average Bonchev–Trinajstić information content (AvgIpc) is 2.79. The highest BCUT2D eigenvalue weighted by Gasteiger charge is 2.91. The van der Waals surface area contributed by atoms with Gasteiger partial charge in [0.1, 0.15) is 6.04 Å². The summed E-state index contributed by atoms with van der Waals surface area (Å²) >= 11 is 0. The molecule has 0 saturated heterocycles. The van der Waals surface area contributed by atoms with E-state index in [2.05, 4.69) is 4.74 Å². The van der Waals surface area contributed by atoms with Crippen LogP contribution in [0.1, 0.15) is 30.6 Å². The van der Waals surface area contributed by atoms with E-state index >= 15 is 0 Å². The van der Waals surface area contributed by atoms with Crippen LogP contribution < -0.4 is 5.32 Å². The van der Waals surface area contributed by atoms with Crippen LogP contribution in [0, 0.1) is 5.92 Å². The van der Waals surface area contributed by atoms with Crippen molar-refractivity contribution in [3.63, 3.8) is 0 Å². The molecule has 2 unspecified atom stereocenters. The summed E-state index contributed by atoms with van der Waals surface area (Å²) in [6.07, 6.45) is -7.56. The Morgan fingerprint density at radius 2 is 1.24 bits per heavy atom. The van der Waals surface area contributed by atoms with Crippen molar-refractivity contribution in [3.8, 4) is 0 Å². The quantitative estimate of drug-likeness (QED) is 0.259. The standard InChI is InChI=1S/C20H18F13NO3/c1-3-9-37-14(36)12(34-13(35)11-7-5-4-6-8-11)10(2)15(21,22)16(23,24)17(25,26)18(27,28)19(29,30)20(31,32)33/h4-8,10,12H,3,9H2,1-2H3,(H,34,35). The summed E-state index contributed by atoms with van der Waals surface area (Å²) in [7, 11) is 0. The van der Waals surface area contributed by atoms with Crippen LogP contribution >= 0.6 is 0 Å². The average molecular weight is 567 g/mol. The third kappa shape index (κ3) is 5.58. The molecule has 1 N–H and O–H groups in total. The number of halogens is 13. The molecule has 0 heterocycles. The van der Waals surface area contributed by atoms with Gasteiger partial charge in [0.25, 0.3) is 5.91 Å². The maximum atomic E-state index is 14.6. The minimum absolute atomic E-state index is 0.0111. The summed E-state index contributed by atoms with van der Waals surface area (Å²) in [5.41, 5.74) is -0.389. The molecule has 1 aromatic rings. The monoisotopic (exact) mass is 567 g/mol. The topological polar surface area (TPSA) is 55.4 Å². The Hall–Kier alpha value is -2.75. The Morgan fingerprint density at radius 3 is 1.68 bits per heavy atom. The summed E-state index contributed by atoms with van der Waals surface area (Å²) in [4.78, 5) is 24.5. The molecular formula is C20H18F13NO3. The van der Waals surface area contributed by atoms with Gasteiger partial charge in [-0.15, -0.1) is 0 Å². The highest BCUT2D eigenvalue weighted by molar-refractivity contribution is 5.96. The highest BCUT2D eigenvalue weighted by atomic mass is 19.4. The van der Waals surface area contributed by atoms with Gasteiger partial charge >= 0.3 is 41.8 Å². The Labute approximate surface area is 200 Å². The van der Waals surface area contributed by atoms with E-state index in [-0.39, 0.29) is 18.9 Å². The maximum Gasteiger partial charge on any atom is 0.460 e. The summed E-state index contributed by atoms with van der Waals surface area (Å²) in [5, 5.41) is 1.48. The predicted octanol–water partition coefficient (Wildman–Crippen LogP) is 6.11. The van der Waals surface area contributed by atoms with Crippen LogP contribution in [-0.2, 0) is 9.53 Å². The molecule has 0 fully saturated rings. The number of carbonyl (C=O) groups excluding carboxylic acids is 2. The van der Waals surface area contributed by atoms with Crippen LogP contribution in [0.4, 0.5) is 57.1 Å². The largest absolute Gasteiger partial charge is 0.464 e. The predicted molar refractivity (Wildman–Crippen MR) is 98.9 cm³/mol. The first kappa shape index (κ1) is 32.3. The molecule has 1 aromatic carbocycles. The molecule has 0 radical (unpaired) electrons. The van der Waals surface area contributed by atoms with Gasteiger partial charge in [-0.1, -0.05) is 32.0 Å². The van der Waals surface area contributed by atoms with Gasteiger partial charge in [0.15, 0.2) is 0 Å². The fraction of sp³-hybridized carbons (Fsp3) is 0.600. The number of rotatable bonds is 11. The lowest BCUT2D eigenvalue weighted by Crippen LogP contribution is -2.72. The Bertz CT molecular complexity index is 949. The van der Waals surface area contributed by atoms with Crippen LogP contribution in [0.5, 0.6) is 0 Å². The third-order valence-electron chi connectivity index (χ3n) is 5.05. The molecule has 1 amide bonds. The normalized spacial score (nSPS) is 15.6. The van der Waals surface area contributed by atoms with Gasteiger partial charge in [-0.05, 0) is 18.6 Å². The second-order valence-electron chi connectivity index (χ2n) is 7.69. The van der Waals surface area contributed by atoms with Crippen molar-refractivity contribution in [3.05, 3.63) is 35.9 Å². The fourth-order valence-electron chi connectivity index (χ4n) is 2.77. The van der Waals surface area contributed by atoms with Crippen molar-refractivity contribution >= 4 is 11.9 Å². The number of hydrogen-bond donors (Lipinski definition) is 1. The molecule has 2 atom stereocenters. The summed E-state index contributed by atoms with van der Waals surface area (Å²) < 4.78 is 180. The SMILES string of the molecule is CCCOC(=O)C(NC(=O)c1ccccc1)C(C)C(F)(F)C(F)(F)C(F)(F)C(F)(F)C(F)(F)C(F)(F)F. The summed E-state index contributed by atoms with van der Waals surface area (Å²) in [5.74, 6) is -45.2. The number of amides is 1. The van der Waals surface area contributed by atoms with Crippen molar-refractivity contribution in [1.82, 2.24) is 5.32 Å². The summed E-state index contributed by atoms with van der Waals surface area (Å²) in [6.45, 7) is 0.644. The molecule has 0 aliphatic heterocycles. The van der Waals surface area contributed by atoms with E-state index in [1.807, 2.05) is 0 Å². The molecule has 0 bridgehead atoms. The molecule has 0 aliphatic rings. The third-order valence-corrected chi connectivity index (χ3v) is 5.05. The zero-order valence-electron chi connectivity index (χ0n) is 18.6. The molecule has 212 valence electrons. The number of nitrogens with one attached hydrogen (secondary N) is 1. The van der Waals surface area contributed by atoms with E-state index in [1.165, 1.54) is 30.4 Å². The first-order valence-corrected chi connectivity index (χ1v) is 10.0. The van der Waals surface area contributed by atoms with E-state index < -0.39 is 66.2 Å². The van der Waals surface area contributed by atoms with Crippen molar-refractivity contribution in [2.45, 2.75) is 62.1 Å². The van der Waals surface area contributed by atoms with E-state index in [1.54, 1.807) is 0 Å². The van der Waals surface area contributed by atoms with Crippen molar-refractivity contribution in [2.24, 2.45) is 5.92 Å². The molecule has 0 aliphatic carbocycles. The van der Waals surface area contributed by atoms with Gasteiger partial charge < -0.3 is 10.1 Å². The van der Waals surface area contributed by atoms with Gasteiger partial charge in [-0.2, -0.15) is 57.1 Å². The van der Waals surface area contributed by atoms with Gasteiger partial charge in [0.2, 0.25) is 0 Å². The molecule has 4 nitrogen and oxygen atoms in total. The van der Waals surface area contributed by atoms with E-state index in [4.69, 9.17) is 0 Å². The second-order valence-corrected chi connectivity index (χ2v) is 7.69. The molecule has 1 rings (SSSR count). The fourth-order valence-corrected chi connectivity index (χ4v) is 2.77. The number of hydrogen-bond acceptors (Lipinski definition) is 3. The molecule has 0 aromatic heterocycles. The molecule has 17 heteroatoms. The number of benzene rings is 1. The van der Waals surface area contributed by atoms with Gasteiger partial charge in [0, 0.05) is 5.56 Å². The van der Waals surface area contributed by atoms with Crippen molar-refractivity contribution in [1.29, 1.82) is 0 Å². The van der Waals surface area contributed by atoms with Crippen LogP contribution in [0.25, 0.3) is 0 Å². The first-order chi connectivity index (χ1) is 16.5. The Kier molecular flexibility index (Phi) is 9.20. The maximum absolute atomic E-state index is 14.6. The Balaban J connectivity index is 3.55. The van der Waals surface area contributed by atoms with E-state index in [9.17, 15) is 66.7 Å². The smallest absolute Gasteiger partial charge is 0.460 e. The first-order valence-electron chi connectivity index (χ1n) is 10.0. The van der Waals surface area contributed by atoms with Crippen LogP contribution in [0.15, 0.2) is 30.3 Å². The van der Waals surface area contributed by atoms with Crippen LogP contribution in [0.2, 0.25) is 0 Å². The van der Waals surface area contributed by atoms with Crippen molar-refractivity contribution < 1.29 is 71.4 Å². The lowest BCUT2D eigenvalue weighted by atomic mass is 9.84. The number of carbonyl (C=O) groups is 2. The number of alkyl halides is 13. The summed E-state index contributed by atoms with van der Waals surface area (Å²) in [6, 6.07) is 2.86. The number of ether oxygens (including phenoxy) is 1. The molecule has 0 saturated carbocycles. The molecule has 37 heavy (non-hydrogen) atoms. The van der Waals surface area contributed by atoms with Gasteiger partial charge in [0.05, 0.1) is 12.5 Å². The van der Waals surface area contributed by atoms with Gasteiger partial charge in [-0.3, -0.25) is 4.79 Å². The van der Waals surface area contributed by atoms with E-state index in [0.29, 0.717) is 0 Å². The lowest BCUT2D eigenvalue weighted by Gasteiger charge is -2.42. The van der Waals surface area contributed by atoms with Crippen LogP contribution in [0.3, 0.4) is 0 Å². The van der Waals surface area contributed by atoms with Crippen LogP contribution in [-0.4, -0.2) is 60.3 Å². The zero-order valence-corrected chi connectivity index (χ0v) is 18.6. The van der Waals surface area contributed by atoms with E-state index in [0.717, 1.165) is 12.1 Å². The zero-order chi connectivity index (χ0) is 29.3. The minimum Gasteiger partial charge on any atom is -0.464 e. The minimum atomic E-state index is -8.09. The lowest BCUT2D eigenvalue weighted by molar-refractivity contribution is -0.443. The Morgan fingerprint density at radius 1 is 0.784 bits per heavy atom. The molecule has 0 spiro atoms.